The topological polar surface area (TPSA) is 66.5 Å². The third-order valence-electron chi connectivity index (χ3n) is 6.84. The van der Waals surface area contributed by atoms with Gasteiger partial charge in [-0.25, -0.2) is 0 Å². The Morgan fingerprint density at radius 3 is 2.26 bits per heavy atom. The van der Waals surface area contributed by atoms with Gasteiger partial charge in [-0.3, -0.25) is 19.3 Å². The quantitative estimate of drug-likeness (QED) is 0.594. The van der Waals surface area contributed by atoms with Crippen LogP contribution in [0.5, 0.6) is 0 Å². The van der Waals surface area contributed by atoms with E-state index >= 15 is 0 Å². The normalized spacial score (nSPS) is 35.3. The SMILES string of the molecule is Cc1cc(NC(=O)CN2C(=O)[C@H]3[C@@H]4C=C[C@@H]([C@H]5C[C@H]45)[C@@H]3C2=O)c(C)cc1Br. The highest BCUT2D eigenvalue weighted by Crippen LogP contribution is 2.65. The van der Waals surface area contributed by atoms with Crippen LogP contribution in [0.2, 0.25) is 0 Å². The predicted molar refractivity (Wildman–Crippen MR) is 104 cm³/mol. The molecule has 1 aliphatic heterocycles. The first-order valence-electron chi connectivity index (χ1n) is 9.47. The van der Waals surface area contributed by atoms with Gasteiger partial charge in [-0.1, -0.05) is 28.1 Å². The Labute approximate surface area is 166 Å². The predicted octanol–water partition coefficient (Wildman–Crippen LogP) is 3.06. The maximum absolute atomic E-state index is 12.9. The number of carbonyl (C=O) groups excluding carboxylic acids is 3. The fraction of sp³-hybridized carbons (Fsp3) is 0.476. The summed E-state index contributed by atoms with van der Waals surface area (Å²) in [4.78, 5) is 39.7. The summed E-state index contributed by atoms with van der Waals surface area (Å²) in [5.41, 5.74) is 2.65. The summed E-state index contributed by atoms with van der Waals surface area (Å²) in [6, 6.07) is 3.84. The van der Waals surface area contributed by atoms with Crippen molar-refractivity contribution in [2.45, 2.75) is 20.3 Å². The van der Waals surface area contributed by atoms with Crippen LogP contribution in [0.15, 0.2) is 28.8 Å². The highest BCUT2D eigenvalue weighted by atomic mass is 79.9. The van der Waals surface area contributed by atoms with Gasteiger partial charge in [-0.15, -0.1) is 0 Å². The van der Waals surface area contributed by atoms with E-state index in [1.165, 1.54) is 4.90 Å². The van der Waals surface area contributed by atoms with E-state index in [0.717, 1.165) is 22.0 Å². The highest BCUT2D eigenvalue weighted by molar-refractivity contribution is 9.10. The molecule has 3 fully saturated rings. The lowest BCUT2D eigenvalue weighted by molar-refractivity contribution is -0.142. The molecule has 3 amide bonds. The summed E-state index contributed by atoms with van der Waals surface area (Å²) < 4.78 is 0.980. The number of hydrogen-bond acceptors (Lipinski definition) is 3. The van der Waals surface area contributed by atoms with Gasteiger partial charge < -0.3 is 5.32 Å². The van der Waals surface area contributed by atoms with E-state index in [2.05, 4.69) is 33.4 Å². The Morgan fingerprint density at radius 1 is 1.07 bits per heavy atom. The van der Waals surface area contributed by atoms with Crippen molar-refractivity contribution in [1.29, 1.82) is 0 Å². The monoisotopic (exact) mass is 428 g/mol. The van der Waals surface area contributed by atoms with Gasteiger partial charge in [0.05, 0.1) is 11.8 Å². The van der Waals surface area contributed by atoms with Crippen LogP contribution in [-0.4, -0.2) is 29.2 Å². The second-order valence-electron chi connectivity index (χ2n) is 8.38. The Morgan fingerprint density at radius 2 is 1.67 bits per heavy atom. The molecule has 1 aromatic rings. The molecule has 6 rings (SSSR count). The van der Waals surface area contributed by atoms with Crippen LogP contribution in [0.4, 0.5) is 5.69 Å². The average Bonchev–Trinajstić information content (AvgIpc) is 3.41. The summed E-state index contributed by atoms with van der Waals surface area (Å²) in [7, 11) is 0. The molecule has 0 unspecified atom stereocenters. The maximum atomic E-state index is 12.9. The zero-order valence-electron chi connectivity index (χ0n) is 15.2. The minimum Gasteiger partial charge on any atom is -0.324 e. The van der Waals surface area contributed by atoms with E-state index < -0.39 is 0 Å². The van der Waals surface area contributed by atoms with E-state index in [1.807, 2.05) is 26.0 Å². The minimum atomic E-state index is -0.328. The summed E-state index contributed by atoms with van der Waals surface area (Å²) in [5, 5.41) is 2.86. The number of carbonyl (C=O) groups is 3. The highest BCUT2D eigenvalue weighted by Gasteiger charge is 2.67. The van der Waals surface area contributed by atoms with Crippen LogP contribution in [-0.2, 0) is 14.4 Å². The zero-order valence-corrected chi connectivity index (χ0v) is 16.8. The van der Waals surface area contributed by atoms with Crippen molar-refractivity contribution in [1.82, 2.24) is 4.90 Å². The van der Waals surface area contributed by atoms with Crippen molar-refractivity contribution >= 4 is 39.3 Å². The molecular weight excluding hydrogens is 408 g/mol. The number of benzene rings is 1. The minimum absolute atomic E-state index is 0.159. The number of allylic oxidation sites excluding steroid dienone is 2. The number of hydrogen-bond donors (Lipinski definition) is 1. The molecule has 1 N–H and O–H groups in total. The lowest BCUT2D eigenvalue weighted by Gasteiger charge is -2.37. The molecular formula is C21H21BrN2O3. The first kappa shape index (κ1) is 17.2. The third-order valence-corrected chi connectivity index (χ3v) is 7.69. The van der Waals surface area contributed by atoms with Gasteiger partial charge in [-0.2, -0.15) is 0 Å². The Balaban J connectivity index is 1.33. The number of likely N-dealkylation sites (tertiary alicyclic amines) is 1. The van der Waals surface area contributed by atoms with E-state index in [1.54, 1.807) is 0 Å². The number of rotatable bonds is 3. The second-order valence-corrected chi connectivity index (χ2v) is 9.24. The number of nitrogens with zero attached hydrogens (tertiary/aromatic N) is 1. The van der Waals surface area contributed by atoms with Crippen molar-refractivity contribution < 1.29 is 14.4 Å². The van der Waals surface area contributed by atoms with Gasteiger partial charge in [0.2, 0.25) is 17.7 Å². The Kier molecular flexibility index (Phi) is 3.67. The number of halogens is 1. The fourth-order valence-corrected chi connectivity index (χ4v) is 5.88. The number of anilines is 1. The standard InChI is InChI=1S/C21H21BrN2O3/c1-9-6-16(10(2)5-15(9)22)23-17(25)8-24-20(26)18-11-3-4-12(14-7-13(11)14)19(18)21(24)27/h3-6,11-14,18-19H,7-8H2,1-2H3,(H,23,25)/t11-,12+,13-,14-,18+,19+/m1/s1. The third kappa shape index (κ3) is 2.45. The first-order chi connectivity index (χ1) is 12.9. The molecule has 2 bridgehead atoms. The average molecular weight is 429 g/mol. The van der Waals surface area contributed by atoms with Crippen molar-refractivity contribution in [3.05, 3.63) is 39.9 Å². The number of aryl methyl sites for hydroxylation is 2. The molecule has 0 spiro atoms. The van der Waals surface area contributed by atoms with Gasteiger partial charge >= 0.3 is 0 Å². The van der Waals surface area contributed by atoms with Crippen molar-refractivity contribution in [3.63, 3.8) is 0 Å². The molecule has 1 heterocycles. The van der Waals surface area contributed by atoms with E-state index in [-0.39, 0.29) is 47.9 Å². The molecule has 140 valence electrons. The van der Waals surface area contributed by atoms with E-state index in [9.17, 15) is 14.4 Å². The largest absolute Gasteiger partial charge is 0.324 e. The van der Waals surface area contributed by atoms with Gasteiger partial charge in [0.25, 0.3) is 0 Å². The van der Waals surface area contributed by atoms with Gasteiger partial charge in [0.15, 0.2) is 0 Å². The van der Waals surface area contributed by atoms with Crippen LogP contribution in [0, 0.1) is 49.4 Å². The number of amides is 3. The van der Waals surface area contributed by atoms with Crippen LogP contribution >= 0.6 is 15.9 Å². The fourth-order valence-electron chi connectivity index (χ4n) is 5.42. The Hall–Kier alpha value is -1.95. The molecule has 1 aromatic carbocycles. The summed E-state index contributed by atoms with van der Waals surface area (Å²) >= 11 is 3.48. The Bertz CT molecular complexity index is 888. The first-order valence-corrected chi connectivity index (χ1v) is 10.3. The van der Waals surface area contributed by atoms with E-state index in [0.29, 0.717) is 17.5 Å². The van der Waals surface area contributed by atoms with E-state index in [4.69, 9.17) is 0 Å². The zero-order chi connectivity index (χ0) is 19.0. The van der Waals surface area contributed by atoms with Crippen LogP contribution in [0.3, 0.4) is 0 Å². The molecule has 27 heavy (non-hydrogen) atoms. The molecule has 5 aliphatic rings. The number of imide groups is 1. The maximum Gasteiger partial charge on any atom is 0.244 e. The van der Waals surface area contributed by atoms with Crippen molar-refractivity contribution in [3.8, 4) is 0 Å². The molecule has 4 aliphatic carbocycles. The summed E-state index contributed by atoms with van der Waals surface area (Å²) in [6.07, 6.45) is 5.42. The molecule has 2 saturated carbocycles. The van der Waals surface area contributed by atoms with Crippen LogP contribution in [0.25, 0.3) is 0 Å². The van der Waals surface area contributed by atoms with Gasteiger partial charge in [0, 0.05) is 10.2 Å². The van der Waals surface area contributed by atoms with Crippen molar-refractivity contribution in [2.75, 3.05) is 11.9 Å². The molecule has 6 heteroatoms. The van der Waals surface area contributed by atoms with Crippen LogP contribution < -0.4 is 5.32 Å². The summed E-state index contributed by atoms with van der Waals surface area (Å²) in [6.45, 7) is 3.66. The smallest absolute Gasteiger partial charge is 0.244 e. The van der Waals surface area contributed by atoms with Crippen molar-refractivity contribution in [2.24, 2.45) is 35.5 Å². The molecule has 5 nitrogen and oxygen atoms in total. The van der Waals surface area contributed by atoms with Gasteiger partial charge in [0.1, 0.15) is 6.54 Å². The second kappa shape index (κ2) is 5.77. The molecule has 6 atom stereocenters. The lowest BCUT2D eigenvalue weighted by Crippen LogP contribution is -2.40. The lowest BCUT2D eigenvalue weighted by atomic mass is 9.63. The molecule has 1 saturated heterocycles. The van der Waals surface area contributed by atoms with Crippen LogP contribution in [0.1, 0.15) is 17.5 Å². The molecule has 0 radical (unpaired) electrons. The number of nitrogens with one attached hydrogen (secondary N) is 1. The van der Waals surface area contributed by atoms with Gasteiger partial charge in [-0.05, 0) is 67.2 Å². The summed E-state index contributed by atoms with van der Waals surface area (Å²) in [5.74, 6) is 0.367. The molecule has 0 aromatic heterocycles.